The number of rotatable bonds is 9. The minimum atomic E-state index is -0.999. The Morgan fingerprint density at radius 3 is 2.56 bits per heavy atom. The maximum absolute atomic E-state index is 13.7. The summed E-state index contributed by atoms with van der Waals surface area (Å²) in [4.78, 5) is 28.6. The summed E-state index contributed by atoms with van der Waals surface area (Å²) in [6.07, 6.45) is 0. The summed E-state index contributed by atoms with van der Waals surface area (Å²) in [5, 5.41) is 21.4. The molecule has 43 heavy (non-hydrogen) atoms. The molecule has 1 N–H and O–H groups in total. The fourth-order valence-electron chi connectivity index (χ4n) is 4.75. The van der Waals surface area contributed by atoms with Crippen molar-refractivity contribution < 1.29 is 24.2 Å². The van der Waals surface area contributed by atoms with Crippen LogP contribution in [0.1, 0.15) is 40.8 Å². The predicted molar refractivity (Wildman–Crippen MR) is 171 cm³/mol. The van der Waals surface area contributed by atoms with Gasteiger partial charge < -0.3 is 14.6 Å². The molecule has 1 aromatic heterocycles. The number of aliphatic hydroxyl groups excluding tert-OH is 1. The number of hydrogen-bond donors (Lipinski definition) is 1. The van der Waals surface area contributed by atoms with E-state index in [0.29, 0.717) is 49.4 Å². The summed E-state index contributed by atoms with van der Waals surface area (Å²) in [7, 11) is 1.51. The monoisotopic (exact) mass is 655 g/mol. The van der Waals surface area contributed by atoms with Crippen molar-refractivity contribution in [3.05, 3.63) is 98.0 Å². The van der Waals surface area contributed by atoms with E-state index < -0.39 is 17.7 Å². The molecule has 0 spiro atoms. The molecule has 1 unspecified atom stereocenters. The molecule has 1 fully saturated rings. The molecule has 1 saturated heterocycles. The van der Waals surface area contributed by atoms with Crippen molar-refractivity contribution in [2.75, 3.05) is 18.6 Å². The van der Waals surface area contributed by atoms with E-state index >= 15 is 0 Å². The highest BCUT2D eigenvalue weighted by atomic mass is 35.5. The number of carbonyl (C=O) groups excluding carboxylic acids is 2. The maximum atomic E-state index is 13.7. The van der Waals surface area contributed by atoms with Gasteiger partial charge in [0.05, 0.1) is 25.3 Å². The second-order valence-corrected chi connectivity index (χ2v) is 12.7. The van der Waals surface area contributed by atoms with Gasteiger partial charge in [-0.1, -0.05) is 76.1 Å². The predicted octanol–water partition coefficient (Wildman–Crippen LogP) is 7.79. The van der Waals surface area contributed by atoms with Crippen molar-refractivity contribution in [3.8, 4) is 11.5 Å². The number of carbonyl (C=O) groups is 2. The minimum absolute atomic E-state index is 0.0535. The van der Waals surface area contributed by atoms with Crippen LogP contribution < -0.4 is 14.4 Å². The normalized spacial score (nSPS) is 16.1. The lowest BCUT2D eigenvalue weighted by Crippen LogP contribution is -2.29. The van der Waals surface area contributed by atoms with Crippen LogP contribution >= 0.6 is 46.3 Å². The van der Waals surface area contributed by atoms with Crippen LogP contribution in [0, 0.1) is 13.8 Å². The van der Waals surface area contributed by atoms with E-state index in [1.807, 2.05) is 39.0 Å². The third-order valence-corrected chi connectivity index (χ3v) is 9.56. The van der Waals surface area contributed by atoms with Crippen LogP contribution in [-0.2, 0) is 15.3 Å². The third-order valence-electron chi connectivity index (χ3n) is 6.86. The molecule has 0 saturated carbocycles. The number of benzene rings is 3. The zero-order chi connectivity index (χ0) is 30.8. The fraction of sp³-hybridized carbons (Fsp3) is 0.226. The van der Waals surface area contributed by atoms with Gasteiger partial charge >= 0.3 is 5.91 Å². The Morgan fingerprint density at radius 2 is 1.84 bits per heavy atom. The highest BCUT2D eigenvalue weighted by molar-refractivity contribution is 8.00. The number of aryl methyl sites for hydroxylation is 2. The van der Waals surface area contributed by atoms with Gasteiger partial charge in [0, 0.05) is 21.4 Å². The summed E-state index contributed by atoms with van der Waals surface area (Å²) >= 11 is 14.9. The molecule has 3 aromatic carbocycles. The van der Waals surface area contributed by atoms with E-state index in [9.17, 15) is 14.7 Å². The molecular formula is C31H27Cl2N3O5S2. The molecule has 8 nitrogen and oxygen atoms in total. The third kappa shape index (κ3) is 6.24. The van der Waals surface area contributed by atoms with Gasteiger partial charge in [-0.3, -0.25) is 14.5 Å². The van der Waals surface area contributed by atoms with Crippen molar-refractivity contribution in [1.29, 1.82) is 0 Å². The number of nitrogens with zero attached hydrogens (tertiary/aromatic N) is 3. The lowest BCUT2D eigenvalue weighted by atomic mass is 9.93. The highest BCUT2D eigenvalue weighted by Gasteiger charge is 2.48. The van der Waals surface area contributed by atoms with Gasteiger partial charge in [0.25, 0.3) is 5.78 Å². The van der Waals surface area contributed by atoms with Gasteiger partial charge in [0.15, 0.2) is 15.8 Å². The topological polar surface area (TPSA) is 102 Å². The quantitative estimate of drug-likeness (QED) is 0.0641. The molecule has 4 aromatic rings. The first-order valence-corrected chi connectivity index (χ1v) is 15.8. The number of aliphatic hydroxyl groups is 1. The van der Waals surface area contributed by atoms with Crippen LogP contribution in [-0.4, -0.2) is 40.7 Å². The number of halogens is 2. The molecule has 12 heteroatoms. The van der Waals surface area contributed by atoms with Crippen LogP contribution in [0.4, 0.5) is 5.13 Å². The van der Waals surface area contributed by atoms with Crippen molar-refractivity contribution in [2.24, 2.45) is 0 Å². The first-order valence-electron chi connectivity index (χ1n) is 13.2. The Hall–Kier alpha value is -3.57. The number of ether oxygens (including phenoxy) is 2. The fourth-order valence-corrected chi connectivity index (χ4v) is 7.17. The largest absolute Gasteiger partial charge is 0.507 e. The number of hydrogen-bond acceptors (Lipinski definition) is 9. The van der Waals surface area contributed by atoms with E-state index in [0.717, 1.165) is 28.0 Å². The smallest absolute Gasteiger partial charge is 0.301 e. The van der Waals surface area contributed by atoms with E-state index in [-0.39, 0.29) is 16.5 Å². The van der Waals surface area contributed by atoms with E-state index in [4.69, 9.17) is 32.7 Å². The van der Waals surface area contributed by atoms with Crippen LogP contribution in [0.15, 0.2) is 64.5 Å². The molecule has 5 rings (SSSR count). The molecule has 1 aliphatic rings. The standard InChI is InChI=1S/C31H27Cl2N3O5S2/c1-5-41-23-11-9-18(13-24(23)40-4)26-25(27(37)21-12-16(2)6-7-17(21)3)28(38)29(39)36(26)30-34-35-31(43-30)42-15-19-8-10-20(32)14-22(19)33/h6-14,26,37H,5,15H2,1-4H3. The number of aromatic nitrogens is 2. The average molecular weight is 657 g/mol. The summed E-state index contributed by atoms with van der Waals surface area (Å²) < 4.78 is 11.8. The van der Waals surface area contributed by atoms with Gasteiger partial charge in [-0.05, 0) is 67.8 Å². The van der Waals surface area contributed by atoms with Crippen molar-refractivity contribution in [3.63, 3.8) is 0 Å². The number of Topliss-reactive ketones (excluding diaryl/α,β-unsaturated/α-hetero) is 1. The second-order valence-electron chi connectivity index (χ2n) is 9.71. The van der Waals surface area contributed by atoms with Crippen LogP contribution in [0.25, 0.3) is 5.76 Å². The van der Waals surface area contributed by atoms with Gasteiger partial charge in [-0.25, -0.2) is 0 Å². The first kappa shape index (κ1) is 30.9. The number of methoxy groups -OCH3 is 1. The SMILES string of the molecule is CCOc1ccc(C2C(=C(O)c3cc(C)ccc3C)C(=O)C(=O)N2c2nnc(SCc3ccc(Cl)cc3Cl)s2)cc1OC. The molecular weight excluding hydrogens is 629 g/mol. The average Bonchev–Trinajstić information content (AvgIpc) is 3.55. The maximum Gasteiger partial charge on any atom is 0.301 e. The van der Waals surface area contributed by atoms with Crippen molar-refractivity contribution in [2.45, 2.75) is 36.9 Å². The summed E-state index contributed by atoms with van der Waals surface area (Å²) in [6.45, 7) is 6.01. The molecule has 1 atom stereocenters. The van der Waals surface area contributed by atoms with Crippen molar-refractivity contribution in [1.82, 2.24) is 10.2 Å². The number of amides is 1. The number of thioether (sulfide) groups is 1. The molecule has 1 amide bonds. The zero-order valence-electron chi connectivity index (χ0n) is 23.7. The van der Waals surface area contributed by atoms with Gasteiger partial charge in [0.1, 0.15) is 5.76 Å². The molecule has 0 aliphatic carbocycles. The van der Waals surface area contributed by atoms with E-state index in [1.54, 1.807) is 36.4 Å². The minimum Gasteiger partial charge on any atom is -0.507 e. The Kier molecular flexibility index (Phi) is 9.31. The van der Waals surface area contributed by atoms with Gasteiger partial charge in [-0.2, -0.15) is 0 Å². The summed E-state index contributed by atoms with van der Waals surface area (Å²) in [5.74, 6) is -0.487. The molecule has 222 valence electrons. The van der Waals surface area contributed by atoms with Crippen molar-refractivity contribution >= 4 is 68.9 Å². The molecule has 1 aliphatic heterocycles. The molecule has 0 bridgehead atoms. The zero-order valence-corrected chi connectivity index (χ0v) is 26.8. The lowest BCUT2D eigenvalue weighted by molar-refractivity contribution is -0.132. The molecule has 0 radical (unpaired) electrons. The number of anilines is 1. The van der Waals surface area contributed by atoms with E-state index in [1.165, 1.54) is 23.8 Å². The van der Waals surface area contributed by atoms with Crippen LogP contribution in [0.2, 0.25) is 10.0 Å². The summed E-state index contributed by atoms with van der Waals surface area (Å²) in [6, 6.07) is 15.0. The van der Waals surface area contributed by atoms with Crippen LogP contribution in [0.5, 0.6) is 11.5 Å². The van der Waals surface area contributed by atoms with Crippen LogP contribution in [0.3, 0.4) is 0 Å². The highest BCUT2D eigenvalue weighted by Crippen LogP contribution is 2.46. The first-order chi connectivity index (χ1) is 20.6. The second kappa shape index (κ2) is 13.0. The Labute approximate surface area is 267 Å². The number of ketones is 1. The van der Waals surface area contributed by atoms with Gasteiger partial charge in [0.2, 0.25) is 5.13 Å². The Bertz CT molecular complexity index is 1760. The Morgan fingerprint density at radius 1 is 1.05 bits per heavy atom. The van der Waals surface area contributed by atoms with Gasteiger partial charge in [-0.15, -0.1) is 10.2 Å². The Balaban J connectivity index is 1.59. The molecule has 2 heterocycles. The van der Waals surface area contributed by atoms with E-state index in [2.05, 4.69) is 10.2 Å². The summed E-state index contributed by atoms with van der Waals surface area (Å²) in [5.41, 5.74) is 3.46. The lowest BCUT2D eigenvalue weighted by Gasteiger charge is -2.23.